The predicted octanol–water partition coefficient (Wildman–Crippen LogP) is 4.01. The summed E-state index contributed by atoms with van der Waals surface area (Å²) in [6.45, 7) is 3.57. The molecule has 0 heterocycles. The third-order valence-corrected chi connectivity index (χ3v) is 4.94. The molecule has 0 saturated heterocycles. The smallest absolute Gasteiger partial charge is 0.261 e. The number of benzene rings is 2. The molecule has 0 unspecified atom stereocenters. The van der Waals surface area contributed by atoms with E-state index in [2.05, 4.69) is 20.7 Å². The summed E-state index contributed by atoms with van der Waals surface area (Å²) >= 11 is 3.05. The third kappa shape index (κ3) is 3.19. The lowest BCUT2D eigenvalue weighted by atomic mass is 10.2. The summed E-state index contributed by atoms with van der Waals surface area (Å²) in [7, 11) is -3.73. The molecule has 106 valence electrons. The van der Waals surface area contributed by atoms with Crippen molar-refractivity contribution in [2.75, 3.05) is 4.72 Å². The molecule has 6 heteroatoms. The van der Waals surface area contributed by atoms with Crippen molar-refractivity contribution in [2.24, 2.45) is 0 Å². The first-order chi connectivity index (χ1) is 9.29. The Labute approximate surface area is 126 Å². The molecule has 0 atom stereocenters. The summed E-state index contributed by atoms with van der Waals surface area (Å²) < 4.78 is 40.5. The Hall–Kier alpha value is -1.40. The zero-order valence-electron chi connectivity index (χ0n) is 10.9. The van der Waals surface area contributed by atoms with E-state index in [0.717, 1.165) is 5.56 Å². The van der Waals surface area contributed by atoms with Gasteiger partial charge >= 0.3 is 0 Å². The van der Waals surface area contributed by atoms with Gasteiger partial charge in [0.05, 0.1) is 15.1 Å². The fraction of sp³-hybridized carbons (Fsp3) is 0.143. The van der Waals surface area contributed by atoms with Crippen LogP contribution >= 0.6 is 15.9 Å². The van der Waals surface area contributed by atoms with Crippen molar-refractivity contribution in [3.8, 4) is 0 Å². The lowest BCUT2D eigenvalue weighted by molar-refractivity contribution is 0.601. The number of aryl methyl sites for hydroxylation is 2. The molecule has 20 heavy (non-hydrogen) atoms. The molecule has 1 N–H and O–H groups in total. The number of hydrogen-bond donors (Lipinski definition) is 1. The number of halogens is 2. The Bertz CT molecular complexity index is 743. The fourth-order valence-corrected chi connectivity index (χ4v) is 3.24. The van der Waals surface area contributed by atoms with E-state index < -0.39 is 15.8 Å². The van der Waals surface area contributed by atoms with Gasteiger partial charge in [-0.3, -0.25) is 4.72 Å². The molecule has 0 spiro atoms. The topological polar surface area (TPSA) is 46.2 Å². The van der Waals surface area contributed by atoms with Crippen LogP contribution in [0.4, 0.5) is 10.1 Å². The number of anilines is 1. The molecule has 0 aliphatic rings. The first-order valence-electron chi connectivity index (χ1n) is 5.85. The minimum absolute atomic E-state index is 0.0961. The SMILES string of the molecule is Cc1ccc(S(=O)(=O)Nc2cc(C)cc(F)c2Br)cc1. The van der Waals surface area contributed by atoms with Gasteiger partial charge in [0.1, 0.15) is 5.82 Å². The number of rotatable bonds is 3. The zero-order valence-corrected chi connectivity index (χ0v) is 13.3. The van der Waals surface area contributed by atoms with Crippen LogP contribution in [0.15, 0.2) is 45.8 Å². The third-order valence-electron chi connectivity index (χ3n) is 2.75. The largest absolute Gasteiger partial charge is 0.278 e. The second-order valence-corrected chi connectivity index (χ2v) is 7.00. The molecule has 0 bridgehead atoms. The molecule has 0 aromatic heterocycles. The van der Waals surface area contributed by atoms with Crippen LogP contribution in [-0.2, 0) is 10.0 Å². The standard InChI is InChI=1S/C14H13BrFNO2S/c1-9-3-5-11(6-4-9)20(18,19)17-13-8-10(2)7-12(16)14(13)15/h3-8,17H,1-2H3. The zero-order chi connectivity index (χ0) is 14.9. The van der Waals surface area contributed by atoms with E-state index in [1.54, 1.807) is 25.1 Å². The van der Waals surface area contributed by atoms with Crippen molar-refractivity contribution >= 4 is 31.6 Å². The monoisotopic (exact) mass is 357 g/mol. The van der Waals surface area contributed by atoms with Crippen molar-refractivity contribution in [3.05, 3.63) is 57.8 Å². The second kappa shape index (κ2) is 5.54. The fourth-order valence-electron chi connectivity index (χ4n) is 1.72. The van der Waals surface area contributed by atoms with E-state index >= 15 is 0 Å². The summed E-state index contributed by atoms with van der Waals surface area (Å²) in [5.41, 5.74) is 1.78. The average molecular weight is 358 g/mol. The van der Waals surface area contributed by atoms with Gasteiger partial charge < -0.3 is 0 Å². The van der Waals surface area contributed by atoms with Gasteiger partial charge in [0.2, 0.25) is 0 Å². The predicted molar refractivity (Wildman–Crippen MR) is 80.8 cm³/mol. The average Bonchev–Trinajstić information content (AvgIpc) is 2.35. The van der Waals surface area contributed by atoms with Crippen LogP contribution < -0.4 is 4.72 Å². The molecule has 3 nitrogen and oxygen atoms in total. The number of nitrogens with one attached hydrogen (secondary N) is 1. The van der Waals surface area contributed by atoms with Gasteiger partial charge in [-0.05, 0) is 59.6 Å². The van der Waals surface area contributed by atoms with E-state index in [1.807, 2.05) is 6.92 Å². The van der Waals surface area contributed by atoms with Gasteiger partial charge in [-0.15, -0.1) is 0 Å². The van der Waals surface area contributed by atoms with Crippen molar-refractivity contribution in [2.45, 2.75) is 18.7 Å². The lowest BCUT2D eigenvalue weighted by Gasteiger charge is -2.11. The van der Waals surface area contributed by atoms with Crippen molar-refractivity contribution < 1.29 is 12.8 Å². The molecule has 0 saturated carbocycles. The molecule has 2 aromatic carbocycles. The maximum Gasteiger partial charge on any atom is 0.261 e. The highest BCUT2D eigenvalue weighted by molar-refractivity contribution is 9.10. The van der Waals surface area contributed by atoms with Gasteiger partial charge in [0, 0.05) is 0 Å². The summed E-state index contributed by atoms with van der Waals surface area (Å²) in [5.74, 6) is -0.508. The molecule has 0 aliphatic heterocycles. The van der Waals surface area contributed by atoms with Crippen molar-refractivity contribution in [3.63, 3.8) is 0 Å². The lowest BCUT2D eigenvalue weighted by Crippen LogP contribution is -2.13. The molecule has 0 aliphatic carbocycles. The van der Waals surface area contributed by atoms with Gasteiger partial charge in [-0.1, -0.05) is 17.7 Å². The van der Waals surface area contributed by atoms with Gasteiger partial charge in [0.15, 0.2) is 0 Å². The quantitative estimate of drug-likeness (QED) is 0.901. The van der Waals surface area contributed by atoms with Crippen LogP contribution in [0.3, 0.4) is 0 Å². The van der Waals surface area contributed by atoms with Crippen molar-refractivity contribution in [1.29, 1.82) is 0 Å². The van der Waals surface area contributed by atoms with E-state index in [1.165, 1.54) is 18.2 Å². The molecule has 2 aromatic rings. The van der Waals surface area contributed by atoms with Crippen LogP contribution in [0.2, 0.25) is 0 Å². The van der Waals surface area contributed by atoms with Crippen molar-refractivity contribution in [1.82, 2.24) is 0 Å². The second-order valence-electron chi connectivity index (χ2n) is 4.53. The summed E-state index contributed by atoms with van der Waals surface area (Å²) in [6.07, 6.45) is 0. The molecule has 0 fully saturated rings. The Morgan fingerprint density at radius 3 is 2.25 bits per heavy atom. The van der Waals surface area contributed by atoms with Crippen LogP contribution in [0, 0.1) is 19.7 Å². The summed E-state index contributed by atoms with van der Waals surface area (Å²) in [6, 6.07) is 9.34. The first kappa shape index (κ1) is 15.0. The molecule has 2 rings (SSSR count). The van der Waals surface area contributed by atoms with Crippen LogP contribution in [0.1, 0.15) is 11.1 Å². The number of sulfonamides is 1. The molecular weight excluding hydrogens is 345 g/mol. The maximum absolute atomic E-state index is 13.6. The van der Waals surface area contributed by atoms with Gasteiger partial charge in [-0.25, -0.2) is 12.8 Å². The number of hydrogen-bond acceptors (Lipinski definition) is 2. The highest BCUT2D eigenvalue weighted by Gasteiger charge is 2.17. The highest BCUT2D eigenvalue weighted by atomic mass is 79.9. The van der Waals surface area contributed by atoms with Gasteiger partial charge in [-0.2, -0.15) is 0 Å². The Balaban J connectivity index is 2.41. The molecular formula is C14H13BrFNO2S. The van der Waals surface area contributed by atoms with Crippen LogP contribution in [0.25, 0.3) is 0 Å². The minimum Gasteiger partial charge on any atom is -0.278 e. The summed E-state index contributed by atoms with van der Waals surface area (Å²) in [4.78, 5) is 0.136. The highest BCUT2D eigenvalue weighted by Crippen LogP contribution is 2.29. The van der Waals surface area contributed by atoms with E-state index in [9.17, 15) is 12.8 Å². The van der Waals surface area contributed by atoms with E-state index in [4.69, 9.17) is 0 Å². The Morgan fingerprint density at radius 2 is 1.65 bits per heavy atom. The Morgan fingerprint density at radius 1 is 1.05 bits per heavy atom. The Kier molecular flexibility index (Phi) is 4.15. The molecule has 0 radical (unpaired) electrons. The first-order valence-corrected chi connectivity index (χ1v) is 8.12. The molecule has 0 amide bonds. The van der Waals surface area contributed by atoms with E-state index in [-0.39, 0.29) is 15.1 Å². The van der Waals surface area contributed by atoms with Crippen LogP contribution in [-0.4, -0.2) is 8.42 Å². The minimum atomic E-state index is -3.73. The van der Waals surface area contributed by atoms with Crippen LogP contribution in [0.5, 0.6) is 0 Å². The normalized spacial score (nSPS) is 11.4. The van der Waals surface area contributed by atoms with Gasteiger partial charge in [0.25, 0.3) is 10.0 Å². The van der Waals surface area contributed by atoms with E-state index in [0.29, 0.717) is 5.56 Å². The summed E-state index contributed by atoms with van der Waals surface area (Å²) in [5, 5.41) is 0. The maximum atomic E-state index is 13.6.